The van der Waals surface area contributed by atoms with Crippen LogP contribution in [0.1, 0.15) is 48.5 Å². The normalized spacial score (nSPS) is 25.6. The van der Waals surface area contributed by atoms with Crippen molar-refractivity contribution in [2.75, 3.05) is 23.4 Å². The Bertz CT molecular complexity index is 1470. The van der Waals surface area contributed by atoms with Gasteiger partial charge in [0.2, 0.25) is 0 Å². The van der Waals surface area contributed by atoms with Crippen LogP contribution in [0, 0.1) is 5.92 Å². The van der Waals surface area contributed by atoms with Crippen LogP contribution in [0.25, 0.3) is 16.6 Å². The SMILES string of the molecule is O=C[C@H]1CC[C@H](n2cc3cc(NC(=O)c4cnn5ccc(N6C[C@H]7C[C@@H]6CO7)nc45)ncc3n2)CC1. The van der Waals surface area contributed by atoms with Crippen LogP contribution in [-0.4, -0.2) is 66.9 Å². The minimum Gasteiger partial charge on any atom is -0.374 e. The molecule has 1 saturated carbocycles. The highest BCUT2D eigenvalue weighted by atomic mass is 16.5. The van der Waals surface area contributed by atoms with Crippen LogP contribution in [0.2, 0.25) is 0 Å². The Balaban J connectivity index is 1.11. The predicted molar refractivity (Wildman–Crippen MR) is 131 cm³/mol. The van der Waals surface area contributed by atoms with Gasteiger partial charge in [-0.25, -0.2) is 14.5 Å². The number of hydrogen-bond donors (Lipinski definition) is 1. The Kier molecular flexibility index (Phi) is 4.98. The smallest absolute Gasteiger partial charge is 0.262 e. The monoisotopic (exact) mass is 486 g/mol. The number of rotatable bonds is 5. The van der Waals surface area contributed by atoms with Gasteiger partial charge in [0.1, 0.15) is 29.0 Å². The standard InChI is InChI=1S/C25H26N8O3/c34-13-15-1-3-17(4-2-15)33-11-16-7-22(26-10-21(16)30-33)28-25(35)20-9-27-32-6-5-23(29-24(20)32)31-12-19-8-18(31)14-36-19/h5-7,9-11,13,15,17-19H,1-4,8,12,14H2,(H,28,35)/t15-,17-,18-,19-/m1/s1. The van der Waals surface area contributed by atoms with E-state index in [1.165, 1.54) is 6.20 Å². The molecule has 0 radical (unpaired) electrons. The molecule has 184 valence electrons. The van der Waals surface area contributed by atoms with Crippen molar-refractivity contribution >= 4 is 40.4 Å². The van der Waals surface area contributed by atoms with Crippen LogP contribution in [0.15, 0.2) is 36.9 Å². The van der Waals surface area contributed by atoms with Crippen LogP contribution in [-0.2, 0) is 9.53 Å². The molecule has 3 aliphatic rings. The average Bonchev–Trinajstić information content (AvgIpc) is 3.71. The molecule has 2 bridgehead atoms. The summed E-state index contributed by atoms with van der Waals surface area (Å²) < 4.78 is 9.30. The van der Waals surface area contributed by atoms with Crippen LogP contribution < -0.4 is 10.2 Å². The highest BCUT2D eigenvalue weighted by Gasteiger charge is 2.39. The van der Waals surface area contributed by atoms with E-state index in [1.54, 1.807) is 10.7 Å². The van der Waals surface area contributed by atoms with Gasteiger partial charge in [-0.1, -0.05) is 0 Å². The van der Waals surface area contributed by atoms with E-state index in [4.69, 9.17) is 9.72 Å². The first-order valence-corrected chi connectivity index (χ1v) is 12.5. The fraction of sp³-hybridized carbons (Fsp3) is 0.440. The topological polar surface area (TPSA) is 120 Å². The number of ether oxygens (including phenoxy) is 1. The number of aromatic nitrogens is 6. The average molecular weight is 487 g/mol. The van der Waals surface area contributed by atoms with Crippen LogP contribution in [0.3, 0.4) is 0 Å². The number of anilines is 2. The molecule has 2 saturated heterocycles. The summed E-state index contributed by atoms with van der Waals surface area (Å²) in [7, 11) is 0. The lowest BCUT2D eigenvalue weighted by atomic mass is 9.87. The lowest BCUT2D eigenvalue weighted by Gasteiger charge is -2.27. The van der Waals surface area contributed by atoms with Crippen molar-refractivity contribution < 1.29 is 14.3 Å². The van der Waals surface area contributed by atoms with Crippen molar-refractivity contribution in [3.05, 3.63) is 42.5 Å². The van der Waals surface area contributed by atoms with Gasteiger partial charge >= 0.3 is 0 Å². The molecule has 6 heterocycles. The van der Waals surface area contributed by atoms with Crippen molar-refractivity contribution in [2.24, 2.45) is 5.92 Å². The molecule has 11 heteroatoms. The van der Waals surface area contributed by atoms with Gasteiger partial charge in [0.25, 0.3) is 5.91 Å². The number of amides is 1. The van der Waals surface area contributed by atoms with Crippen LogP contribution in [0.4, 0.5) is 11.6 Å². The number of nitrogens with zero attached hydrogens (tertiary/aromatic N) is 7. The summed E-state index contributed by atoms with van der Waals surface area (Å²) in [5, 5.41) is 12.8. The lowest BCUT2D eigenvalue weighted by Crippen LogP contribution is -2.37. The van der Waals surface area contributed by atoms with Gasteiger partial charge in [0.05, 0.1) is 37.2 Å². The number of hydrogen-bond acceptors (Lipinski definition) is 8. The summed E-state index contributed by atoms with van der Waals surface area (Å²) in [6.45, 7) is 1.54. The summed E-state index contributed by atoms with van der Waals surface area (Å²) in [6, 6.07) is 4.38. The number of carbonyl (C=O) groups is 2. The van der Waals surface area contributed by atoms with E-state index in [1.807, 2.05) is 29.2 Å². The number of nitrogens with one attached hydrogen (secondary N) is 1. The van der Waals surface area contributed by atoms with E-state index >= 15 is 0 Å². The van der Waals surface area contributed by atoms with E-state index < -0.39 is 0 Å². The maximum Gasteiger partial charge on any atom is 0.262 e. The second-order valence-electron chi connectivity index (χ2n) is 10.0. The Morgan fingerprint density at radius 2 is 2.06 bits per heavy atom. The molecule has 36 heavy (non-hydrogen) atoms. The molecule has 11 nitrogen and oxygen atoms in total. The largest absolute Gasteiger partial charge is 0.374 e. The zero-order valence-electron chi connectivity index (χ0n) is 19.7. The number of fused-ring (bicyclic) bond motifs is 4. The molecule has 4 aromatic heterocycles. The van der Waals surface area contributed by atoms with E-state index in [9.17, 15) is 9.59 Å². The van der Waals surface area contributed by atoms with E-state index in [2.05, 4.69) is 25.4 Å². The van der Waals surface area contributed by atoms with E-state index in [0.717, 1.165) is 68.3 Å². The molecule has 1 aliphatic carbocycles. The molecule has 0 spiro atoms. The van der Waals surface area contributed by atoms with Crippen molar-refractivity contribution in [2.45, 2.75) is 50.3 Å². The molecule has 1 N–H and O–H groups in total. The highest BCUT2D eigenvalue weighted by molar-refractivity contribution is 6.08. The third-order valence-electron chi connectivity index (χ3n) is 7.75. The van der Waals surface area contributed by atoms with Crippen molar-refractivity contribution in [3.63, 3.8) is 0 Å². The fourth-order valence-electron chi connectivity index (χ4n) is 5.75. The highest BCUT2D eigenvalue weighted by Crippen LogP contribution is 2.33. The summed E-state index contributed by atoms with van der Waals surface area (Å²) in [4.78, 5) is 35.6. The summed E-state index contributed by atoms with van der Waals surface area (Å²) in [6.07, 6.45) is 13.0. The van der Waals surface area contributed by atoms with Crippen molar-refractivity contribution in [3.8, 4) is 0 Å². The predicted octanol–water partition coefficient (Wildman–Crippen LogP) is 2.63. The Hall–Kier alpha value is -3.86. The fourth-order valence-corrected chi connectivity index (χ4v) is 5.75. The molecular weight excluding hydrogens is 460 g/mol. The van der Waals surface area contributed by atoms with Crippen LogP contribution >= 0.6 is 0 Å². The van der Waals surface area contributed by atoms with Gasteiger partial charge in [-0.3, -0.25) is 9.48 Å². The number of carbonyl (C=O) groups excluding carboxylic acids is 2. The van der Waals surface area contributed by atoms with E-state index in [0.29, 0.717) is 23.1 Å². The Morgan fingerprint density at radius 1 is 1.17 bits per heavy atom. The number of pyridine rings is 1. The van der Waals surface area contributed by atoms with Gasteiger partial charge in [-0.2, -0.15) is 10.2 Å². The molecule has 4 aromatic rings. The Labute approximate surface area is 206 Å². The zero-order valence-corrected chi connectivity index (χ0v) is 19.7. The first-order chi connectivity index (χ1) is 17.6. The first-order valence-electron chi connectivity index (χ1n) is 12.5. The van der Waals surface area contributed by atoms with Gasteiger partial charge in [-0.15, -0.1) is 0 Å². The quantitative estimate of drug-likeness (QED) is 0.428. The molecule has 0 aromatic carbocycles. The van der Waals surface area contributed by atoms with E-state index in [-0.39, 0.29) is 24.0 Å². The Morgan fingerprint density at radius 3 is 2.83 bits per heavy atom. The second-order valence-corrected chi connectivity index (χ2v) is 10.0. The van der Waals surface area contributed by atoms with Crippen LogP contribution in [0.5, 0.6) is 0 Å². The van der Waals surface area contributed by atoms with Crippen molar-refractivity contribution in [1.29, 1.82) is 0 Å². The van der Waals surface area contributed by atoms with Gasteiger partial charge < -0.3 is 19.7 Å². The number of aldehydes is 1. The maximum absolute atomic E-state index is 13.2. The molecule has 0 unspecified atom stereocenters. The van der Waals surface area contributed by atoms with Gasteiger partial charge in [-0.05, 0) is 44.2 Å². The third-order valence-corrected chi connectivity index (χ3v) is 7.75. The molecule has 3 fully saturated rings. The molecular formula is C25H26N8O3. The summed E-state index contributed by atoms with van der Waals surface area (Å²) >= 11 is 0. The zero-order chi connectivity index (χ0) is 24.2. The second kappa shape index (κ2) is 8.37. The maximum atomic E-state index is 13.2. The lowest BCUT2D eigenvalue weighted by molar-refractivity contribution is -0.112. The molecule has 1 amide bonds. The minimum atomic E-state index is -0.313. The molecule has 2 aliphatic heterocycles. The van der Waals surface area contributed by atoms with Crippen molar-refractivity contribution in [1.82, 2.24) is 29.4 Å². The van der Waals surface area contributed by atoms with Gasteiger partial charge in [0, 0.05) is 30.2 Å². The first kappa shape index (κ1) is 21.4. The molecule has 2 atom stereocenters. The van der Waals surface area contributed by atoms with Gasteiger partial charge in [0.15, 0.2) is 5.65 Å². The minimum absolute atomic E-state index is 0.166. The third kappa shape index (κ3) is 3.62. The number of morpholine rings is 1. The molecule has 7 rings (SSSR count). The summed E-state index contributed by atoms with van der Waals surface area (Å²) in [5.74, 6) is 1.13. The summed E-state index contributed by atoms with van der Waals surface area (Å²) in [5.41, 5.74) is 1.67.